The molecule has 2 rings (SSSR count). The van der Waals surface area contributed by atoms with Crippen molar-refractivity contribution in [3.63, 3.8) is 0 Å². The number of hydrogen-bond acceptors (Lipinski definition) is 3. The number of imide groups is 1. The number of urea groups is 1. The van der Waals surface area contributed by atoms with Crippen LogP contribution in [-0.2, 0) is 28.9 Å². The molecule has 0 saturated heterocycles. The normalized spacial score (nSPS) is 13.0. The molecule has 130 valence electrons. The molecule has 1 aromatic carbocycles. The average molecular weight is 331 g/mol. The summed E-state index contributed by atoms with van der Waals surface area (Å²) in [7, 11) is 0. The second kappa shape index (κ2) is 9.05. The summed E-state index contributed by atoms with van der Waals surface area (Å²) < 4.78 is 0. The number of aryl methyl sites for hydroxylation is 3. The van der Waals surface area contributed by atoms with Gasteiger partial charge in [0.25, 0.3) is 0 Å². The van der Waals surface area contributed by atoms with Crippen LogP contribution in [0.25, 0.3) is 0 Å². The van der Waals surface area contributed by atoms with E-state index in [9.17, 15) is 14.4 Å². The van der Waals surface area contributed by atoms with Gasteiger partial charge in [-0.15, -0.1) is 0 Å². The van der Waals surface area contributed by atoms with Crippen molar-refractivity contribution < 1.29 is 14.4 Å². The van der Waals surface area contributed by atoms with Crippen LogP contribution in [0.2, 0.25) is 0 Å². The van der Waals surface area contributed by atoms with Gasteiger partial charge in [0.1, 0.15) is 0 Å². The Morgan fingerprint density at radius 2 is 1.75 bits per heavy atom. The van der Waals surface area contributed by atoms with E-state index in [-0.39, 0.29) is 18.9 Å². The Morgan fingerprint density at radius 1 is 1.00 bits per heavy atom. The molecule has 0 bridgehead atoms. The van der Waals surface area contributed by atoms with Gasteiger partial charge in [0, 0.05) is 19.4 Å². The Hall–Kier alpha value is -2.37. The van der Waals surface area contributed by atoms with Gasteiger partial charge in [0.2, 0.25) is 11.8 Å². The summed E-state index contributed by atoms with van der Waals surface area (Å²) in [6.07, 6.45) is 7.01. The van der Waals surface area contributed by atoms with E-state index in [0.717, 1.165) is 19.3 Å². The van der Waals surface area contributed by atoms with Gasteiger partial charge in [0.15, 0.2) is 0 Å². The van der Waals surface area contributed by atoms with Crippen molar-refractivity contribution in [2.75, 3.05) is 6.54 Å². The zero-order chi connectivity index (χ0) is 17.4. The quantitative estimate of drug-likeness (QED) is 0.707. The summed E-state index contributed by atoms with van der Waals surface area (Å²) in [6, 6.07) is 5.79. The lowest BCUT2D eigenvalue weighted by Gasteiger charge is -2.16. The number of carbonyl (C=O) groups excluding carboxylic acids is 3. The van der Waals surface area contributed by atoms with Crippen LogP contribution < -0.4 is 16.4 Å². The second-order valence-electron chi connectivity index (χ2n) is 6.18. The smallest absolute Gasteiger partial charge is 0.318 e. The number of amides is 4. The predicted molar refractivity (Wildman–Crippen MR) is 91.4 cm³/mol. The first-order valence-corrected chi connectivity index (χ1v) is 8.51. The first-order valence-electron chi connectivity index (χ1n) is 8.51. The standard InChI is InChI=1S/C18H25N3O3/c19-18(24)21-17(23)10-11-20-16(22)7-3-4-13-8-9-14-5-1-2-6-15(14)12-13/h8-9,12H,1-7,10-11H2,(H,20,22)(H3,19,21,23,24). The molecule has 0 aliphatic heterocycles. The van der Waals surface area contributed by atoms with Gasteiger partial charge in [-0.2, -0.15) is 0 Å². The maximum atomic E-state index is 11.7. The van der Waals surface area contributed by atoms with Crippen LogP contribution in [-0.4, -0.2) is 24.4 Å². The number of carbonyl (C=O) groups is 3. The van der Waals surface area contributed by atoms with Crippen molar-refractivity contribution >= 4 is 17.8 Å². The maximum Gasteiger partial charge on any atom is 0.318 e. The minimum Gasteiger partial charge on any atom is -0.356 e. The molecule has 0 aromatic heterocycles. The van der Waals surface area contributed by atoms with Gasteiger partial charge in [0.05, 0.1) is 0 Å². The fraction of sp³-hybridized carbons (Fsp3) is 0.500. The highest BCUT2D eigenvalue weighted by molar-refractivity contribution is 5.93. The van der Waals surface area contributed by atoms with Gasteiger partial charge >= 0.3 is 6.03 Å². The number of primary amides is 1. The molecule has 0 spiro atoms. The maximum absolute atomic E-state index is 11.7. The third-order valence-corrected chi connectivity index (χ3v) is 4.22. The van der Waals surface area contributed by atoms with Crippen LogP contribution in [0.5, 0.6) is 0 Å². The zero-order valence-electron chi connectivity index (χ0n) is 13.9. The average Bonchev–Trinajstić information content (AvgIpc) is 2.54. The molecule has 0 unspecified atom stereocenters. The number of hydrogen-bond donors (Lipinski definition) is 3. The number of nitrogens with one attached hydrogen (secondary N) is 2. The molecule has 0 radical (unpaired) electrons. The fourth-order valence-corrected chi connectivity index (χ4v) is 3.00. The van der Waals surface area contributed by atoms with Gasteiger partial charge in [-0.3, -0.25) is 14.9 Å². The lowest BCUT2D eigenvalue weighted by atomic mass is 9.89. The van der Waals surface area contributed by atoms with E-state index in [0.29, 0.717) is 6.42 Å². The van der Waals surface area contributed by atoms with Crippen molar-refractivity contribution in [2.24, 2.45) is 5.73 Å². The van der Waals surface area contributed by atoms with Crippen molar-refractivity contribution in [1.82, 2.24) is 10.6 Å². The van der Waals surface area contributed by atoms with E-state index in [1.54, 1.807) is 0 Å². The van der Waals surface area contributed by atoms with E-state index in [1.165, 1.54) is 36.0 Å². The van der Waals surface area contributed by atoms with E-state index in [1.807, 2.05) is 5.32 Å². The van der Waals surface area contributed by atoms with Gasteiger partial charge in [-0.05, 0) is 55.2 Å². The highest BCUT2D eigenvalue weighted by atomic mass is 16.2. The van der Waals surface area contributed by atoms with E-state index < -0.39 is 11.9 Å². The molecule has 24 heavy (non-hydrogen) atoms. The Balaban J connectivity index is 1.64. The monoisotopic (exact) mass is 331 g/mol. The van der Waals surface area contributed by atoms with E-state index >= 15 is 0 Å². The lowest BCUT2D eigenvalue weighted by molar-refractivity contribution is -0.121. The Labute approximate surface area is 142 Å². The fourth-order valence-electron chi connectivity index (χ4n) is 3.00. The summed E-state index contributed by atoms with van der Waals surface area (Å²) in [4.78, 5) is 33.4. The molecule has 0 atom stereocenters. The van der Waals surface area contributed by atoms with Gasteiger partial charge in [-0.25, -0.2) is 4.79 Å². The molecule has 6 nitrogen and oxygen atoms in total. The minimum atomic E-state index is -0.878. The number of benzene rings is 1. The molecule has 6 heteroatoms. The van der Waals surface area contributed by atoms with Crippen LogP contribution in [0.4, 0.5) is 4.79 Å². The molecule has 4 amide bonds. The van der Waals surface area contributed by atoms with Crippen LogP contribution in [0, 0.1) is 0 Å². The van der Waals surface area contributed by atoms with Crippen LogP contribution in [0.3, 0.4) is 0 Å². The molecule has 4 N–H and O–H groups in total. The molecular formula is C18H25N3O3. The van der Waals surface area contributed by atoms with Crippen LogP contribution in [0.1, 0.15) is 48.8 Å². The molecule has 1 aliphatic carbocycles. The Morgan fingerprint density at radius 3 is 2.50 bits per heavy atom. The third kappa shape index (κ3) is 6.02. The largest absolute Gasteiger partial charge is 0.356 e. The summed E-state index contributed by atoms with van der Waals surface area (Å²) in [5, 5.41) is 4.63. The Bertz CT molecular complexity index is 614. The third-order valence-electron chi connectivity index (χ3n) is 4.22. The molecule has 1 aliphatic rings. The number of rotatable bonds is 7. The van der Waals surface area contributed by atoms with Gasteiger partial charge < -0.3 is 11.1 Å². The Kier molecular flexibility index (Phi) is 6.78. The molecular weight excluding hydrogens is 306 g/mol. The molecule has 0 fully saturated rings. The van der Waals surface area contributed by atoms with Crippen LogP contribution >= 0.6 is 0 Å². The first kappa shape index (κ1) is 18.0. The van der Waals surface area contributed by atoms with E-state index in [4.69, 9.17) is 5.73 Å². The van der Waals surface area contributed by atoms with Crippen molar-refractivity contribution in [2.45, 2.75) is 51.4 Å². The summed E-state index contributed by atoms with van der Waals surface area (Å²) in [5.41, 5.74) is 9.04. The van der Waals surface area contributed by atoms with E-state index in [2.05, 4.69) is 23.5 Å². The SMILES string of the molecule is NC(=O)NC(=O)CCNC(=O)CCCc1ccc2c(c1)CCCC2. The van der Waals surface area contributed by atoms with Gasteiger partial charge in [-0.1, -0.05) is 18.2 Å². The van der Waals surface area contributed by atoms with Crippen LogP contribution in [0.15, 0.2) is 18.2 Å². The summed E-state index contributed by atoms with van der Waals surface area (Å²) in [5.74, 6) is -0.573. The highest BCUT2D eigenvalue weighted by Crippen LogP contribution is 2.22. The van der Waals surface area contributed by atoms with Crippen molar-refractivity contribution in [3.8, 4) is 0 Å². The highest BCUT2D eigenvalue weighted by Gasteiger charge is 2.10. The first-order chi connectivity index (χ1) is 11.5. The minimum absolute atomic E-state index is 0.0412. The summed E-state index contributed by atoms with van der Waals surface area (Å²) >= 11 is 0. The molecule has 0 saturated carbocycles. The zero-order valence-corrected chi connectivity index (χ0v) is 13.9. The molecule has 0 heterocycles. The number of nitrogens with two attached hydrogens (primary N) is 1. The topological polar surface area (TPSA) is 101 Å². The number of fused-ring (bicyclic) bond motifs is 1. The molecule has 1 aromatic rings. The predicted octanol–water partition coefficient (Wildman–Crippen LogP) is 1.59. The van der Waals surface area contributed by atoms with Crippen molar-refractivity contribution in [1.29, 1.82) is 0 Å². The lowest BCUT2D eigenvalue weighted by Crippen LogP contribution is -2.37. The summed E-state index contributed by atoms with van der Waals surface area (Å²) in [6.45, 7) is 0.205. The van der Waals surface area contributed by atoms with Crippen molar-refractivity contribution in [3.05, 3.63) is 34.9 Å². The second-order valence-corrected chi connectivity index (χ2v) is 6.18.